The fourth-order valence-electron chi connectivity index (χ4n) is 2.83. The van der Waals surface area contributed by atoms with Crippen LogP contribution in [0.3, 0.4) is 0 Å². The van der Waals surface area contributed by atoms with E-state index in [-0.39, 0.29) is 11.9 Å². The Morgan fingerprint density at radius 1 is 1.16 bits per heavy atom. The van der Waals surface area contributed by atoms with E-state index in [4.69, 9.17) is 11.6 Å². The summed E-state index contributed by atoms with van der Waals surface area (Å²) in [6.07, 6.45) is 3.02. The topological polar surface area (TPSA) is 59.3 Å². The molecule has 0 unspecified atom stereocenters. The van der Waals surface area contributed by atoms with Gasteiger partial charge in [0.15, 0.2) is 11.5 Å². The molecular formula is C19H21ClN4O. The van der Waals surface area contributed by atoms with Gasteiger partial charge in [-0.15, -0.1) is 10.2 Å². The molecule has 0 aliphatic heterocycles. The molecule has 3 rings (SSSR count). The third kappa shape index (κ3) is 4.37. The SMILES string of the molecule is CC(C)C[C@H](NC(=O)Cc1ccc(Cl)cc1)c1nnc2ccccn12. The van der Waals surface area contributed by atoms with E-state index in [1.807, 2.05) is 40.9 Å². The summed E-state index contributed by atoms with van der Waals surface area (Å²) < 4.78 is 1.93. The zero-order valence-electron chi connectivity index (χ0n) is 14.3. The second kappa shape index (κ2) is 7.66. The maximum atomic E-state index is 12.5. The van der Waals surface area contributed by atoms with Crippen LogP contribution >= 0.6 is 11.6 Å². The van der Waals surface area contributed by atoms with Crippen LogP contribution in [0.4, 0.5) is 0 Å². The van der Waals surface area contributed by atoms with Crippen LogP contribution in [0.1, 0.15) is 37.7 Å². The molecule has 0 aliphatic rings. The van der Waals surface area contributed by atoms with Crippen molar-refractivity contribution in [1.29, 1.82) is 0 Å². The van der Waals surface area contributed by atoms with Crippen molar-refractivity contribution in [3.8, 4) is 0 Å². The first kappa shape index (κ1) is 17.4. The first-order chi connectivity index (χ1) is 12.0. The number of pyridine rings is 1. The predicted octanol–water partition coefficient (Wildman–Crippen LogP) is 3.83. The van der Waals surface area contributed by atoms with Gasteiger partial charge in [-0.2, -0.15) is 0 Å². The third-order valence-electron chi connectivity index (χ3n) is 3.97. The number of benzene rings is 1. The molecule has 3 aromatic rings. The molecule has 5 nitrogen and oxygen atoms in total. The number of fused-ring (bicyclic) bond motifs is 1. The van der Waals surface area contributed by atoms with E-state index in [0.29, 0.717) is 17.4 Å². The first-order valence-electron chi connectivity index (χ1n) is 8.36. The molecule has 130 valence electrons. The fourth-order valence-corrected chi connectivity index (χ4v) is 2.96. The lowest BCUT2D eigenvalue weighted by Gasteiger charge is -2.19. The van der Waals surface area contributed by atoms with Crippen LogP contribution in [0.15, 0.2) is 48.7 Å². The standard InChI is InChI=1S/C19H21ClN4O/c1-13(2)11-16(19-23-22-17-5-3-4-10-24(17)19)21-18(25)12-14-6-8-15(20)9-7-14/h3-10,13,16H,11-12H2,1-2H3,(H,21,25)/t16-/m0/s1. The number of rotatable bonds is 6. The number of hydrogen-bond acceptors (Lipinski definition) is 3. The Balaban J connectivity index is 1.79. The number of nitrogens with one attached hydrogen (secondary N) is 1. The van der Waals surface area contributed by atoms with Crippen molar-refractivity contribution in [1.82, 2.24) is 19.9 Å². The molecule has 1 amide bonds. The van der Waals surface area contributed by atoms with E-state index < -0.39 is 0 Å². The highest BCUT2D eigenvalue weighted by atomic mass is 35.5. The molecule has 2 heterocycles. The quantitative estimate of drug-likeness (QED) is 0.730. The Bertz CT molecular complexity index is 857. The maximum Gasteiger partial charge on any atom is 0.225 e. The van der Waals surface area contributed by atoms with E-state index in [1.165, 1.54) is 0 Å². The number of aromatic nitrogens is 3. The van der Waals surface area contributed by atoms with Crippen molar-refractivity contribution in [3.63, 3.8) is 0 Å². The van der Waals surface area contributed by atoms with Gasteiger partial charge < -0.3 is 5.32 Å². The van der Waals surface area contributed by atoms with E-state index in [9.17, 15) is 4.79 Å². The molecule has 0 spiro atoms. The number of hydrogen-bond donors (Lipinski definition) is 1. The second-order valence-corrected chi connectivity index (χ2v) is 6.98. The molecule has 2 aromatic heterocycles. The average Bonchev–Trinajstić information content (AvgIpc) is 3.00. The van der Waals surface area contributed by atoms with Gasteiger partial charge in [0.2, 0.25) is 5.91 Å². The predicted molar refractivity (Wildman–Crippen MR) is 98.5 cm³/mol. The Morgan fingerprint density at radius 2 is 1.92 bits per heavy atom. The molecule has 0 radical (unpaired) electrons. The largest absolute Gasteiger partial charge is 0.346 e. The van der Waals surface area contributed by atoms with Crippen LogP contribution in [0.5, 0.6) is 0 Å². The maximum absolute atomic E-state index is 12.5. The van der Waals surface area contributed by atoms with Gasteiger partial charge in [0.25, 0.3) is 0 Å². The molecule has 1 N–H and O–H groups in total. The Hall–Kier alpha value is -2.40. The molecule has 6 heteroatoms. The van der Waals surface area contributed by atoms with Gasteiger partial charge in [-0.3, -0.25) is 9.20 Å². The molecule has 0 fully saturated rings. The summed E-state index contributed by atoms with van der Waals surface area (Å²) >= 11 is 5.89. The van der Waals surface area contributed by atoms with Gasteiger partial charge in [0.05, 0.1) is 12.5 Å². The summed E-state index contributed by atoms with van der Waals surface area (Å²) in [6.45, 7) is 4.25. The van der Waals surface area contributed by atoms with Crippen LogP contribution in [0.25, 0.3) is 5.65 Å². The lowest BCUT2D eigenvalue weighted by Crippen LogP contribution is -2.32. The van der Waals surface area contributed by atoms with Gasteiger partial charge in [-0.05, 0) is 42.2 Å². The van der Waals surface area contributed by atoms with Crippen LogP contribution < -0.4 is 5.32 Å². The summed E-state index contributed by atoms with van der Waals surface area (Å²) in [4.78, 5) is 12.5. The molecular weight excluding hydrogens is 336 g/mol. The van der Waals surface area contributed by atoms with Gasteiger partial charge in [0.1, 0.15) is 0 Å². The lowest BCUT2D eigenvalue weighted by molar-refractivity contribution is -0.121. The highest BCUT2D eigenvalue weighted by Gasteiger charge is 2.21. The van der Waals surface area contributed by atoms with Gasteiger partial charge >= 0.3 is 0 Å². The molecule has 0 aliphatic carbocycles. The van der Waals surface area contributed by atoms with E-state index >= 15 is 0 Å². The summed E-state index contributed by atoms with van der Waals surface area (Å²) in [5.41, 5.74) is 1.70. The number of carbonyl (C=O) groups is 1. The zero-order chi connectivity index (χ0) is 17.8. The van der Waals surface area contributed by atoms with Crippen LogP contribution in [0.2, 0.25) is 5.02 Å². The van der Waals surface area contributed by atoms with Crippen molar-refractivity contribution in [2.75, 3.05) is 0 Å². The van der Waals surface area contributed by atoms with E-state index in [1.54, 1.807) is 12.1 Å². The minimum Gasteiger partial charge on any atom is -0.346 e. The van der Waals surface area contributed by atoms with Crippen LogP contribution in [0, 0.1) is 5.92 Å². The molecule has 0 saturated carbocycles. The van der Waals surface area contributed by atoms with Crippen LogP contribution in [-0.2, 0) is 11.2 Å². The lowest BCUT2D eigenvalue weighted by atomic mass is 10.0. The Labute approximate surface area is 152 Å². The molecule has 1 atom stereocenters. The van der Waals surface area contributed by atoms with Crippen molar-refractivity contribution < 1.29 is 4.79 Å². The highest BCUT2D eigenvalue weighted by molar-refractivity contribution is 6.30. The number of nitrogens with zero attached hydrogens (tertiary/aromatic N) is 3. The summed E-state index contributed by atoms with van der Waals surface area (Å²) in [6, 6.07) is 12.9. The monoisotopic (exact) mass is 356 g/mol. The normalized spacial score (nSPS) is 12.5. The smallest absolute Gasteiger partial charge is 0.225 e. The highest BCUT2D eigenvalue weighted by Crippen LogP contribution is 2.21. The van der Waals surface area contributed by atoms with Crippen molar-refractivity contribution in [3.05, 3.63) is 65.1 Å². The first-order valence-corrected chi connectivity index (χ1v) is 8.74. The van der Waals surface area contributed by atoms with Crippen LogP contribution in [-0.4, -0.2) is 20.5 Å². The molecule has 25 heavy (non-hydrogen) atoms. The third-order valence-corrected chi connectivity index (χ3v) is 4.22. The Kier molecular flexibility index (Phi) is 5.34. The molecule has 1 aromatic carbocycles. The molecule has 0 bridgehead atoms. The average molecular weight is 357 g/mol. The van der Waals surface area contributed by atoms with Gasteiger partial charge in [0, 0.05) is 11.2 Å². The number of carbonyl (C=O) groups excluding carboxylic acids is 1. The van der Waals surface area contributed by atoms with E-state index in [2.05, 4.69) is 29.4 Å². The number of halogens is 1. The minimum atomic E-state index is -0.183. The van der Waals surface area contributed by atoms with Gasteiger partial charge in [-0.1, -0.05) is 43.6 Å². The fraction of sp³-hybridized carbons (Fsp3) is 0.316. The van der Waals surface area contributed by atoms with E-state index in [0.717, 1.165) is 23.5 Å². The summed E-state index contributed by atoms with van der Waals surface area (Å²) in [7, 11) is 0. The molecule has 0 saturated heterocycles. The summed E-state index contributed by atoms with van der Waals surface area (Å²) in [5, 5.41) is 12.3. The summed E-state index contributed by atoms with van der Waals surface area (Å²) in [5.74, 6) is 1.13. The Morgan fingerprint density at radius 3 is 2.64 bits per heavy atom. The van der Waals surface area contributed by atoms with Crippen molar-refractivity contribution >= 4 is 23.2 Å². The van der Waals surface area contributed by atoms with Crippen molar-refractivity contribution in [2.24, 2.45) is 5.92 Å². The minimum absolute atomic E-state index is 0.0411. The second-order valence-electron chi connectivity index (χ2n) is 6.54. The zero-order valence-corrected chi connectivity index (χ0v) is 15.1. The van der Waals surface area contributed by atoms with Crippen molar-refractivity contribution in [2.45, 2.75) is 32.7 Å². The van der Waals surface area contributed by atoms with Gasteiger partial charge in [-0.25, -0.2) is 0 Å². The number of amides is 1.